The Balaban J connectivity index is 2.04. The molecule has 0 unspecified atom stereocenters. The summed E-state index contributed by atoms with van der Waals surface area (Å²) in [6, 6.07) is 0. The lowest BCUT2D eigenvalue weighted by molar-refractivity contribution is 0.733. The summed E-state index contributed by atoms with van der Waals surface area (Å²) >= 11 is 0. The Morgan fingerprint density at radius 3 is 3.13 bits per heavy atom. The van der Waals surface area contributed by atoms with Crippen molar-refractivity contribution in [1.82, 2.24) is 30.3 Å². The minimum atomic E-state index is 0.642. The van der Waals surface area contributed by atoms with Crippen LogP contribution in [0.4, 0.5) is 5.82 Å². The molecule has 0 saturated carbocycles. The third kappa shape index (κ3) is 2.18. The van der Waals surface area contributed by atoms with Crippen LogP contribution in [-0.4, -0.2) is 44.7 Å². The fourth-order valence-corrected chi connectivity index (χ4v) is 1.25. The molecule has 2 N–H and O–H groups in total. The van der Waals surface area contributed by atoms with Gasteiger partial charge in [0.15, 0.2) is 5.65 Å². The first kappa shape index (κ1) is 9.78. The van der Waals surface area contributed by atoms with Crippen LogP contribution >= 0.6 is 0 Å². The van der Waals surface area contributed by atoms with Crippen LogP contribution in [0.1, 0.15) is 6.92 Å². The normalized spacial score (nSPS) is 10.7. The second kappa shape index (κ2) is 4.65. The molecule has 0 saturated heterocycles. The van der Waals surface area contributed by atoms with Gasteiger partial charge in [-0.1, -0.05) is 6.92 Å². The van der Waals surface area contributed by atoms with Crippen molar-refractivity contribution in [3.8, 4) is 0 Å². The van der Waals surface area contributed by atoms with Crippen LogP contribution in [0, 0.1) is 0 Å². The zero-order chi connectivity index (χ0) is 10.5. The molecule has 2 aromatic heterocycles. The Labute approximate surface area is 86.9 Å². The monoisotopic (exact) mass is 207 g/mol. The molecule has 0 amide bonds. The lowest BCUT2D eigenvalue weighted by Crippen LogP contribution is -2.22. The predicted molar refractivity (Wildman–Crippen MR) is 55.6 cm³/mol. The van der Waals surface area contributed by atoms with Crippen molar-refractivity contribution in [2.75, 3.05) is 25.0 Å². The standard InChI is InChI=1S/C8H13N7/c1-2-9-3-4-11-7-5-10-6-8-12-13-14-15(7)8/h5-6,9,11H,2-4H2,1H3. The van der Waals surface area contributed by atoms with E-state index in [2.05, 4.69) is 38.1 Å². The Kier molecular flexibility index (Phi) is 3.03. The number of nitrogens with zero attached hydrogens (tertiary/aromatic N) is 5. The lowest BCUT2D eigenvalue weighted by Gasteiger charge is -2.06. The van der Waals surface area contributed by atoms with E-state index >= 15 is 0 Å². The van der Waals surface area contributed by atoms with E-state index in [1.54, 1.807) is 16.9 Å². The highest BCUT2D eigenvalue weighted by molar-refractivity contribution is 5.43. The van der Waals surface area contributed by atoms with Crippen molar-refractivity contribution in [3.05, 3.63) is 12.4 Å². The Hall–Kier alpha value is -1.76. The van der Waals surface area contributed by atoms with Gasteiger partial charge in [0.1, 0.15) is 5.82 Å². The summed E-state index contributed by atoms with van der Waals surface area (Å²) in [5.74, 6) is 0.801. The van der Waals surface area contributed by atoms with E-state index in [0.29, 0.717) is 5.65 Å². The number of fused-ring (bicyclic) bond motifs is 1. The number of anilines is 1. The summed E-state index contributed by atoms with van der Waals surface area (Å²) in [5.41, 5.74) is 0.642. The van der Waals surface area contributed by atoms with Gasteiger partial charge in [0.2, 0.25) is 0 Å². The molecule has 7 nitrogen and oxygen atoms in total. The Morgan fingerprint density at radius 2 is 2.27 bits per heavy atom. The summed E-state index contributed by atoms with van der Waals surface area (Å²) in [5, 5.41) is 17.7. The molecule has 7 heteroatoms. The molecule has 0 bridgehead atoms. The number of tetrazole rings is 1. The van der Waals surface area contributed by atoms with Crippen molar-refractivity contribution < 1.29 is 0 Å². The first-order valence-corrected chi connectivity index (χ1v) is 4.88. The van der Waals surface area contributed by atoms with Gasteiger partial charge in [0, 0.05) is 13.1 Å². The molecule has 15 heavy (non-hydrogen) atoms. The van der Waals surface area contributed by atoms with E-state index in [9.17, 15) is 0 Å². The first-order chi connectivity index (χ1) is 7.42. The van der Waals surface area contributed by atoms with Crippen LogP contribution in [0.25, 0.3) is 5.65 Å². The molecule has 0 aliphatic heterocycles. The third-order valence-corrected chi connectivity index (χ3v) is 1.97. The van der Waals surface area contributed by atoms with E-state index in [1.165, 1.54) is 0 Å². The maximum atomic E-state index is 4.04. The molecule has 0 radical (unpaired) electrons. The van der Waals surface area contributed by atoms with E-state index < -0.39 is 0 Å². The quantitative estimate of drug-likeness (QED) is 0.646. The molecular weight excluding hydrogens is 194 g/mol. The topological polar surface area (TPSA) is 80.0 Å². The summed E-state index contributed by atoms with van der Waals surface area (Å²) in [6.07, 6.45) is 3.32. The number of nitrogens with one attached hydrogen (secondary N) is 2. The maximum Gasteiger partial charge on any atom is 0.199 e. The van der Waals surface area contributed by atoms with E-state index in [0.717, 1.165) is 25.5 Å². The molecule has 0 aliphatic rings. The molecule has 0 aliphatic carbocycles. The average Bonchev–Trinajstić information content (AvgIpc) is 2.73. The first-order valence-electron chi connectivity index (χ1n) is 4.88. The van der Waals surface area contributed by atoms with Crippen molar-refractivity contribution in [2.45, 2.75) is 6.92 Å². The molecular formula is C8H13N7. The van der Waals surface area contributed by atoms with Crippen molar-refractivity contribution in [2.24, 2.45) is 0 Å². The number of hydrogen-bond donors (Lipinski definition) is 2. The summed E-state index contributed by atoms with van der Waals surface area (Å²) in [7, 11) is 0. The lowest BCUT2D eigenvalue weighted by atomic mass is 10.5. The van der Waals surface area contributed by atoms with Crippen LogP contribution in [0.3, 0.4) is 0 Å². The highest BCUT2D eigenvalue weighted by atomic mass is 15.5. The summed E-state index contributed by atoms with van der Waals surface area (Å²) in [4.78, 5) is 4.04. The third-order valence-electron chi connectivity index (χ3n) is 1.97. The second-order valence-corrected chi connectivity index (χ2v) is 3.02. The van der Waals surface area contributed by atoms with Crippen LogP contribution in [-0.2, 0) is 0 Å². The van der Waals surface area contributed by atoms with Crippen LogP contribution in [0.15, 0.2) is 12.4 Å². The average molecular weight is 207 g/mol. The molecule has 2 rings (SSSR count). The molecule has 80 valence electrons. The minimum Gasteiger partial charge on any atom is -0.367 e. The van der Waals surface area contributed by atoms with E-state index in [-0.39, 0.29) is 0 Å². The highest BCUT2D eigenvalue weighted by Gasteiger charge is 2.01. The highest BCUT2D eigenvalue weighted by Crippen LogP contribution is 2.04. The van der Waals surface area contributed by atoms with Gasteiger partial charge in [-0.2, -0.15) is 4.52 Å². The van der Waals surface area contributed by atoms with Gasteiger partial charge in [-0.15, -0.1) is 5.10 Å². The molecule has 0 atom stereocenters. The summed E-state index contributed by atoms with van der Waals surface area (Å²) < 4.78 is 1.62. The Bertz CT molecular complexity index is 424. The molecule has 0 aromatic carbocycles. The van der Waals surface area contributed by atoms with Gasteiger partial charge in [-0.3, -0.25) is 4.98 Å². The van der Waals surface area contributed by atoms with Crippen molar-refractivity contribution >= 4 is 11.5 Å². The van der Waals surface area contributed by atoms with Crippen LogP contribution in [0.5, 0.6) is 0 Å². The molecule has 2 aromatic rings. The summed E-state index contributed by atoms with van der Waals surface area (Å²) in [6.45, 7) is 4.75. The fraction of sp³-hybridized carbons (Fsp3) is 0.500. The largest absolute Gasteiger partial charge is 0.367 e. The van der Waals surface area contributed by atoms with Gasteiger partial charge in [0.25, 0.3) is 0 Å². The molecule has 0 fully saturated rings. The number of rotatable bonds is 5. The number of aromatic nitrogens is 5. The van der Waals surface area contributed by atoms with Crippen LogP contribution < -0.4 is 10.6 Å². The Morgan fingerprint density at radius 1 is 1.33 bits per heavy atom. The predicted octanol–water partition coefficient (Wildman–Crippen LogP) is -0.459. The number of hydrogen-bond acceptors (Lipinski definition) is 6. The minimum absolute atomic E-state index is 0.642. The van der Waals surface area contributed by atoms with Gasteiger partial charge >= 0.3 is 0 Å². The van der Waals surface area contributed by atoms with Crippen LogP contribution in [0.2, 0.25) is 0 Å². The maximum absolute atomic E-state index is 4.04. The van der Waals surface area contributed by atoms with Crippen molar-refractivity contribution in [3.63, 3.8) is 0 Å². The van der Waals surface area contributed by atoms with Gasteiger partial charge < -0.3 is 10.6 Å². The number of likely N-dealkylation sites (N-methyl/N-ethyl adjacent to an activating group) is 1. The molecule has 2 heterocycles. The van der Waals surface area contributed by atoms with Crippen molar-refractivity contribution in [1.29, 1.82) is 0 Å². The van der Waals surface area contributed by atoms with E-state index in [4.69, 9.17) is 0 Å². The zero-order valence-corrected chi connectivity index (χ0v) is 8.51. The van der Waals surface area contributed by atoms with Gasteiger partial charge in [-0.05, 0) is 17.0 Å². The molecule has 0 spiro atoms. The zero-order valence-electron chi connectivity index (χ0n) is 8.51. The SMILES string of the molecule is CCNCCNc1cncc2nnnn12. The smallest absolute Gasteiger partial charge is 0.199 e. The van der Waals surface area contributed by atoms with Gasteiger partial charge in [-0.25, -0.2) is 0 Å². The van der Waals surface area contributed by atoms with E-state index in [1.807, 2.05) is 0 Å². The van der Waals surface area contributed by atoms with Gasteiger partial charge in [0.05, 0.1) is 12.4 Å². The second-order valence-electron chi connectivity index (χ2n) is 3.02. The fourth-order valence-electron chi connectivity index (χ4n) is 1.25.